The molecular formula is C24H18F2N2O. The van der Waals surface area contributed by atoms with Gasteiger partial charge in [-0.2, -0.15) is 0 Å². The number of hydrogen-bond donors (Lipinski definition) is 1. The maximum atomic E-state index is 14.9. The molecule has 4 rings (SSSR count). The van der Waals surface area contributed by atoms with E-state index < -0.39 is 5.82 Å². The summed E-state index contributed by atoms with van der Waals surface area (Å²) < 4.78 is 28.4. The summed E-state index contributed by atoms with van der Waals surface area (Å²) in [7, 11) is 0. The minimum absolute atomic E-state index is 0.312. The molecule has 0 aliphatic carbocycles. The Morgan fingerprint density at radius 1 is 0.966 bits per heavy atom. The summed E-state index contributed by atoms with van der Waals surface area (Å²) in [6.07, 6.45) is 0.657. The molecular weight excluding hydrogens is 370 g/mol. The van der Waals surface area contributed by atoms with Crippen molar-refractivity contribution in [3.8, 4) is 22.4 Å². The van der Waals surface area contributed by atoms with Crippen LogP contribution >= 0.6 is 0 Å². The predicted molar refractivity (Wildman–Crippen MR) is 112 cm³/mol. The molecule has 0 aliphatic rings. The molecule has 1 heterocycles. The fourth-order valence-corrected chi connectivity index (χ4v) is 3.38. The van der Waals surface area contributed by atoms with Gasteiger partial charge in [0.2, 0.25) is 0 Å². The summed E-state index contributed by atoms with van der Waals surface area (Å²) in [5.41, 5.74) is 3.96. The van der Waals surface area contributed by atoms with E-state index in [9.17, 15) is 13.6 Å². The van der Waals surface area contributed by atoms with Crippen molar-refractivity contribution in [3.63, 3.8) is 0 Å². The van der Waals surface area contributed by atoms with E-state index >= 15 is 0 Å². The quantitative estimate of drug-likeness (QED) is 0.421. The van der Waals surface area contributed by atoms with Crippen LogP contribution in [-0.2, 0) is 0 Å². The maximum absolute atomic E-state index is 14.9. The van der Waals surface area contributed by atoms with Gasteiger partial charge in [0.15, 0.2) is 6.29 Å². The second-order valence-corrected chi connectivity index (χ2v) is 6.68. The number of anilines is 1. The van der Waals surface area contributed by atoms with Gasteiger partial charge in [-0.15, -0.1) is 0 Å². The number of nitrogens with one attached hydrogen (secondary N) is 1. The second kappa shape index (κ2) is 7.80. The lowest BCUT2D eigenvalue weighted by Crippen LogP contribution is -1.96. The van der Waals surface area contributed by atoms with E-state index in [-0.39, 0.29) is 5.82 Å². The van der Waals surface area contributed by atoms with E-state index in [1.54, 1.807) is 18.2 Å². The number of hydrogen-bond acceptors (Lipinski definition) is 3. The van der Waals surface area contributed by atoms with E-state index in [1.807, 2.05) is 31.2 Å². The lowest BCUT2D eigenvalue weighted by molar-refractivity contribution is 0.112. The van der Waals surface area contributed by atoms with Gasteiger partial charge in [0.05, 0.1) is 11.2 Å². The van der Waals surface area contributed by atoms with Crippen molar-refractivity contribution in [2.24, 2.45) is 0 Å². The minimum atomic E-state index is -0.439. The summed E-state index contributed by atoms with van der Waals surface area (Å²) in [6.45, 7) is 2.78. The molecule has 144 valence electrons. The van der Waals surface area contributed by atoms with Crippen molar-refractivity contribution in [3.05, 3.63) is 83.9 Å². The Hall–Kier alpha value is -3.60. The monoisotopic (exact) mass is 388 g/mol. The fourth-order valence-electron chi connectivity index (χ4n) is 3.38. The molecule has 0 amide bonds. The molecule has 0 radical (unpaired) electrons. The molecule has 0 saturated heterocycles. The average Bonchev–Trinajstić information content (AvgIpc) is 2.73. The van der Waals surface area contributed by atoms with Crippen LogP contribution in [0.4, 0.5) is 14.5 Å². The lowest BCUT2D eigenvalue weighted by atomic mass is 10.00. The Morgan fingerprint density at radius 3 is 2.59 bits per heavy atom. The summed E-state index contributed by atoms with van der Waals surface area (Å²) in [5, 5.41) is 3.65. The first-order valence-corrected chi connectivity index (χ1v) is 9.29. The number of nitrogens with zero attached hydrogens (tertiary/aromatic N) is 1. The van der Waals surface area contributed by atoms with Crippen LogP contribution in [0.2, 0.25) is 0 Å². The topological polar surface area (TPSA) is 42.0 Å². The molecule has 0 spiro atoms. The number of carbonyl (C=O) groups is 1. The molecule has 4 aromatic rings. The number of pyridine rings is 1. The number of fused-ring (bicyclic) bond motifs is 1. The molecule has 0 unspecified atom stereocenters. The number of aromatic nitrogens is 1. The highest BCUT2D eigenvalue weighted by molar-refractivity contribution is 5.98. The van der Waals surface area contributed by atoms with Crippen molar-refractivity contribution in [2.75, 3.05) is 11.9 Å². The molecule has 0 fully saturated rings. The van der Waals surface area contributed by atoms with E-state index in [4.69, 9.17) is 0 Å². The molecule has 0 atom stereocenters. The molecule has 1 aromatic heterocycles. The predicted octanol–water partition coefficient (Wildman–Crippen LogP) is 6.09. The summed E-state index contributed by atoms with van der Waals surface area (Å²) in [6, 6.07) is 18.1. The number of aldehydes is 1. The van der Waals surface area contributed by atoms with Gasteiger partial charge in [-0.25, -0.2) is 13.8 Å². The van der Waals surface area contributed by atoms with E-state index in [1.165, 1.54) is 24.3 Å². The van der Waals surface area contributed by atoms with E-state index in [0.717, 1.165) is 17.8 Å². The third-order valence-corrected chi connectivity index (χ3v) is 4.75. The first-order valence-electron chi connectivity index (χ1n) is 9.29. The molecule has 3 nitrogen and oxygen atoms in total. The SMILES string of the molecule is CCNc1cccc(-c2ccc(-c3cc(C=O)c4cc(F)ccc4n3)cc2F)c1. The van der Waals surface area contributed by atoms with Gasteiger partial charge in [-0.1, -0.05) is 24.3 Å². The van der Waals surface area contributed by atoms with Crippen molar-refractivity contribution >= 4 is 22.9 Å². The van der Waals surface area contributed by atoms with Gasteiger partial charge in [-0.05, 0) is 55.0 Å². The van der Waals surface area contributed by atoms with Crippen LogP contribution in [0.15, 0.2) is 66.7 Å². The van der Waals surface area contributed by atoms with E-state index in [0.29, 0.717) is 39.6 Å². The minimum Gasteiger partial charge on any atom is -0.385 e. The van der Waals surface area contributed by atoms with Crippen LogP contribution in [0, 0.1) is 11.6 Å². The van der Waals surface area contributed by atoms with Gasteiger partial charge < -0.3 is 5.32 Å². The van der Waals surface area contributed by atoms with Crippen LogP contribution in [0.25, 0.3) is 33.3 Å². The zero-order valence-corrected chi connectivity index (χ0v) is 15.7. The zero-order chi connectivity index (χ0) is 20.4. The number of rotatable bonds is 5. The van der Waals surface area contributed by atoms with E-state index in [2.05, 4.69) is 10.3 Å². The van der Waals surface area contributed by atoms with Crippen molar-refractivity contribution in [1.82, 2.24) is 4.98 Å². The van der Waals surface area contributed by atoms with Crippen LogP contribution < -0.4 is 5.32 Å². The first-order chi connectivity index (χ1) is 14.1. The summed E-state index contributed by atoms with van der Waals surface area (Å²) >= 11 is 0. The number of halogens is 2. The third-order valence-electron chi connectivity index (χ3n) is 4.75. The molecule has 29 heavy (non-hydrogen) atoms. The van der Waals surface area contributed by atoms with Crippen LogP contribution in [0.3, 0.4) is 0 Å². The van der Waals surface area contributed by atoms with Gasteiger partial charge in [-0.3, -0.25) is 4.79 Å². The normalized spacial score (nSPS) is 10.9. The summed E-state index contributed by atoms with van der Waals surface area (Å²) in [4.78, 5) is 16.0. The largest absolute Gasteiger partial charge is 0.385 e. The molecule has 0 saturated carbocycles. The summed E-state index contributed by atoms with van der Waals surface area (Å²) in [5.74, 6) is -0.824. The number of benzene rings is 3. The van der Waals surface area contributed by atoms with Gasteiger partial charge in [0.1, 0.15) is 11.6 Å². The Morgan fingerprint density at radius 2 is 1.83 bits per heavy atom. The Labute approximate surface area is 167 Å². The van der Waals surface area contributed by atoms with Crippen molar-refractivity contribution in [1.29, 1.82) is 0 Å². The van der Waals surface area contributed by atoms with Gasteiger partial charge in [0.25, 0.3) is 0 Å². The van der Waals surface area contributed by atoms with Gasteiger partial charge >= 0.3 is 0 Å². The highest BCUT2D eigenvalue weighted by Crippen LogP contribution is 2.30. The lowest BCUT2D eigenvalue weighted by Gasteiger charge is -2.10. The molecule has 0 aliphatic heterocycles. The van der Waals surface area contributed by atoms with Crippen LogP contribution in [0.1, 0.15) is 17.3 Å². The standard InChI is InChI=1S/C24H18F2N2O/c1-2-27-19-5-3-4-15(10-19)20-8-6-16(11-22(20)26)24-12-17(14-29)21-13-18(25)7-9-23(21)28-24/h3-14,27H,2H2,1H3. The highest BCUT2D eigenvalue weighted by atomic mass is 19.1. The molecule has 0 bridgehead atoms. The van der Waals surface area contributed by atoms with Crippen LogP contribution in [-0.4, -0.2) is 17.8 Å². The Balaban J connectivity index is 1.77. The van der Waals surface area contributed by atoms with Crippen LogP contribution in [0.5, 0.6) is 0 Å². The van der Waals surface area contributed by atoms with Crippen molar-refractivity contribution in [2.45, 2.75) is 6.92 Å². The fraction of sp³-hybridized carbons (Fsp3) is 0.0833. The van der Waals surface area contributed by atoms with Crippen molar-refractivity contribution < 1.29 is 13.6 Å². The molecule has 5 heteroatoms. The third kappa shape index (κ3) is 3.72. The second-order valence-electron chi connectivity index (χ2n) is 6.68. The Kier molecular flexibility index (Phi) is 5.04. The zero-order valence-electron chi connectivity index (χ0n) is 15.7. The smallest absolute Gasteiger partial charge is 0.150 e. The highest BCUT2D eigenvalue weighted by Gasteiger charge is 2.12. The first kappa shape index (κ1) is 18.7. The van der Waals surface area contributed by atoms with Gasteiger partial charge in [0, 0.05) is 34.3 Å². The average molecular weight is 388 g/mol. The Bertz CT molecular complexity index is 1220. The molecule has 1 N–H and O–H groups in total. The maximum Gasteiger partial charge on any atom is 0.150 e. The molecule has 3 aromatic carbocycles. The number of carbonyl (C=O) groups excluding carboxylic acids is 1.